The number of carbonyl (C=O) groups is 1. The number of nitrogens with one attached hydrogen (secondary N) is 1. The van der Waals surface area contributed by atoms with Gasteiger partial charge < -0.3 is 14.6 Å². The van der Waals surface area contributed by atoms with Crippen LogP contribution in [0.3, 0.4) is 0 Å². The molecule has 3 fully saturated rings. The summed E-state index contributed by atoms with van der Waals surface area (Å²) in [5, 5.41) is 11.6. The molecule has 4 atom stereocenters. The van der Waals surface area contributed by atoms with E-state index < -0.39 is 0 Å². The van der Waals surface area contributed by atoms with E-state index in [1.54, 1.807) is 0 Å². The summed E-state index contributed by atoms with van der Waals surface area (Å²) in [5.41, 5.74) is 0.185. The number of hydrogen-bond acceptors (Lipinski definition) is 5. The standard InChI is InChI=1S/C21H35N5O2/c1-5-26-14-23-24-18(26)12-25-11-16-15(17-6-9-21(16,13-25)28-17)10-22-19(27)7-8-20(2,3)4/h14-17H,5-13H2,1-4H3,(H,22,27)/t15-,16+,17+,21+/m0/s1. The minimum Gasteiger partial charge on any atom is -0.370 e. The maximum absolute atomic E-state index is 12.3. The minimum absolute atomic E-state index is 0.0114. The summed E-state index contributed by atoms with van der Waals surface area (Å²) >= 11 is 0. The number of carbonyl (C=O) groups excluding carboxylic acids is 1. The van der Waals surface area contributed by atoms with Gasteiger partial charge in [0.15, 0.2) is 0 Å². The number of likely N-dealkylation sites (tertiary alicyclic amines) is 1. The largest absolute Gasteiger partial charge is 0.370 e. The van der Waals surface area contributed by atoms with E-state index in [1.807, 2.05) is 6.33 Å². The van der Waals surface area contributed by atoms with Gasteiger partial charge in [-0.15, -0.1) is 10.2 Å². The lowest BCUT2D eigenvalue weighted by atomic mass is 9.73. The van der Waals surface area contributed by atoms with Crippen molar-refractivity contribution in [1.82, 2.24) is 25.0 Å². The average Bonchev–Trinajstić information content (AvgIpc) is 3.37. The van der Waals surface area contributed by atoms with E-state index in [0.717, 1.165) is 57.8 Å². The predicted octanol–water partition coefficient (Wildman–Crippen LogP) is 2.22. The summed E-state index contributed by atoms with van der Waals surface area (Å²) in [5.74, 6) is 2.15. The van der Waals surface area contributed by atoms with Crippen molar-refractivity contribution in [2.45, 2.75) is 78.2 Å². The molecule has 1 aromatic rings. The van der Waals surface area contributed by atoms with E-state index in [2.05, 4.69) is 52.7 Å². The number of rotatable bonds is 7. The fraction of sp³-hybridized carbons (Fsp3) is 0.857. The lowest BCUT2D eigenvalue weighted by molar-refractivity contribution is -0.121. The van der Waals surface area contributed by atoms with E-state index in [0.29, 0.717) is 24.4 Å². The van der Waals surface area contributed by atoms with E-state index in [1.165, 1.54) is 0 Å². The first-order chi connectivity index (χ1) is 13.3. The number of nitrogens with zero attached hydrogens (tertiary/aromatic N) is 4. The summed E-state index contributed by atoms with van der Waals surface area (Å²) in [7, 11) is 0. The maximum Gasteiger partial charge on any atom is 0.220 e. The van der Waals surface area contributed by atoms with Gasteiger partial charge in [0.25, 0.3) is 0 Å². The van der Waals surface area contributed by atoms with Gasteiger partial charge in [-0.25, -0.2) is 0 Å². The first-order valence-electron chi connectivity index (χ1n) is 10.8. The molecule has 4 rings (SSSR count). The van der Waals surface area contributed by atoms with Gasteiger partial charge in [0.2, 0.25) is 5.91 Å². The zero-order valence-electron chi connectivity index (χ0n) is 17.8. The molecule has 7 heteroatoms. The molecule has 1 spiro atoms. The van der Waals surface area contributed by atoms with Gasteiger partial charge >= 0.3 is 0 Å². The average molecular weight is 390 g/mol. The Morgan fingerprint density at radius 2 is 2.25 bits per heavy atom. The number of aryl methyl sites for hydroxylation is 1. The second-order valence-corrected chi connectivity index (χ2v) is 10.1. The van der Waals surface area contributed by atoms with E-state index >= 15 is 0 Å². The summed E-state index contributed by atoms with van der Waals surface area (Å²) in [6.07, 6.45) is 5.92. The lowest BCUT2D eigenvalue weighted by Gasteiger charge is -2.29. The van der Waals surface area contributed by atoms with Crippen molar-refractivity contribution in [3.63, 3.8) is 0 Å². The molecule has 3 aliphatic rings. The molecular formula is C21H35N5O2. The lowest BCUT2D eigenvalue weighted by Crippen LogP contribution is -2.42. The fourth-order valence-corrected chi connectivity index (χ4v) is 5.35. The Bertz CT molecular complexity index is 712. The molecule has 0 radical (unpaired) electrons. The second kappa shape index (κ2) is 7.41. The van der Waals surface area contributed by atoms with Crippen LogP contribution in [0.4, 0.5) is 0 Å². The van der Waals surface area contributed by atoms with Crippen LogP contribution in [-0.2, 0) is 22.6 Å². The molecule has 28 heavy (non-hydrogen) atoms. The van der Waals surface area contributed by atoms with E-state index in [9.17, 15) is 4.79 Å². The Balaban J connectivity index is 1.34. The van der Waals surface area contributed by atoms with Crippen LogP contribution in [0.25, 0.3) is 0 Å². The van der Waals surface area contributed by atoms with Gasteiger partial charge in [-0.05, 0) is 31.6 Å². The normalized spacial score (nSPS) is 32.1. The first kappa shape index (κ1) is 19.8. The Kier molecular flexibility index (Phi) is 5.25. The molecule has 0 aliphatic carbocycles. The van der Waals surface area contributed by atoms with Gasteiger partial charge in [0, 0.05) is 44.4 Å². The van der Waals surface area contributed by atoms with E-state index in [4.69, 9.17) is 4.74 Å². The molecule has 0 aromatic carbocycles. The highest BCUT2D eigenvalue weighted by Crippen LogP contribution is 2.54. The smallest absolute Gasteiger partial charge is 0.220 e. The van der Waals surface area contributed by atoms with Crippen molar-refractivity contribution in [1.29, 1.82) is 0 Å². The highest BCUT2D eigenvalue weighted by Gasteiger charge is 2.62. The summed E-state index contributed by atoms with van der Waals surface area (Å²) in [6, 6.07) is 0. The summed E-state index contributed by atoms with van der Waals surface area (Å²) in [6.45, 7) is 13.1. The molecule has 1 amide bonds. The van der Waals surface area contributed by atoms with Crippen molar-refractivity contribution < 1.29 is 9.53 Å². The summed E-state index contributed by atoms with van der Waals surface area (Å²) < 4.78 is 8.62. The van der Waals surface area contributed by atoms with Crippen molar-refractivity contribution in [3.8, 4) is 0 Å². The zero-order valence-corrected chi connectivity index (χ0v) is 17.8. The molecule has 0 saturated carbocycles. The Morgan fingerprint density at radius 3 is 3.00 bits per heavy atom. The third-order valence-corrected chi connectivity index (χ3v) is 6.89. The topological polar surface area (TPSA) is 72.3 Å². The Hall–Kier alpha value is -1.47. The minimum atomic E-state index is -0.0114. The number of ether oxygens (including phenoxy) is 1. The van der Waals surface area contributed by atoms with Crippen LogP contribution in [0.2, 0.25) is 0 Å². The Labute approximate surface area is 168 Å². The van der Waals surface area contributed by atoms with Crippen molar-refractivity contribution in [2.24, 2.45) is 17.3 Å². The highest BCUT2D eigenvalue weighted by atomic mass is 16.5. The van der Waals surface area contributed by atoms with Gasteiger partial charge in [-0.1, -0.05) is 20.8 Å². The van der Waals surface area contributed by atoms with E-state index in [-0.39, 0.29) is 16.9 Å². The number of hydrogen-bond donors (Lipinski definition) is 1. The third kappa shape index (κ3) is 3.83. The van der Waals surface area contributed by atoms with Crippen LogP contribution >= 0.6 is 0 Å². The molecule has 0 unspecified atom stereocenters. The SMILES string of the molecule is CCn1cnnc1CN1C[C@@H]2[C@H](CNC(=O)CCC(C)(C)C)[C@H]3CC[C@]2(C1)O3. The van der Waals surface area contributed by atoms with Gasteiger partial charge in [0.05, 0.1) is 18.2 Å². The van der Waals surface area contributed by atoms with Gasteiger partial charge in [0.1, 0.15) is 12.2 Å². The third-order valence-electron chi connectivity index (χ3n) is 6.89. The maximum atomic E-state index is 12.3. The van der Waals surface area contributed by atoms with Crippen LogP contribution in [0.15, 0.2) is 6.33 Å². The zero-order chi connectivity index (χ0) is 19.9. The quantitative estimate of drug-likeness (QED) is 0.774. The molecule has 3 aliphatic heterocycles. The van der Waals surface area contributed by atoms with Crippen molar-refractivity contribution >= 4 is 5.91 Å². The van der Waals surface area contributed by atoms with Crippen LogP contribution in [0.5, 0.6) is 0 Å². The Morgan fingerprint density at radius 1 is 1.43 bits per heavy atom. The molecule has 2 bridgehead atoms. The van der Waals surface area contributed by atoms with Gasteiger partial charge in [-0.3, -0.25) is 9.69 Å². The predicted molar refractivity (Wildman–Crippen MR) is 106 cm³/mol. The summed E-state index contributed by atoms with van der Waals surface area (Å²) in [4.78, 5) is 14.8. The van der Waals surface area contributed by atoms with Gasteiger partial charge in [-0.2, -0.15) is 0 Å². The molecule has 3 saturated heterocycles. The molecule has 1 aromatic heterocycles. The van der Waals surface area contributed by atoms with Crippen LogP contribution in [-0.4, -0.2) is 56.9 Å². The first-order valence-corrected chi connectivity index (χ1v) is 10.8. The molecule has 4 heterocycles. The molecule has 156 valence electrons. The number of aromatic nitrogens is 3. The van der Waals surface area contributed by atoms with Crippen LogP contribution in [0.1, 0.15) is 59.2 Å². The van der Waals surface area contributed by atoms with Crippen LogP contribution in [0, 0.1) is 17.3 Å². The second-order valence-electron chi connectivity index (χ2n) is 10.1. The molecule has 1 N–H and O–H groups in total. The molecule has 7 nitrogen and oxygen atoms in total. The monoisotopic (exact) mass is 389 g/mol. The fourth-order valence-electron chi connectivity index (χ4n) is 5.35. The van der Waals surface area contributed by atoms with Crippen LogP contribution < -0.4 is 5.32 Å². The number of fused-ring (bicyclic) bond motifs is 1. The van der Waals surface area contributed by atoms with Crippen molar-refractivity contribution in [3.05, 3.63) is 12.2 Å². The molecular weight excluding hydrogens is 354 g/mol. The van der Waals surface area contributed by atoms with Crippen molar-refractivity contribution in [2.75, 3.05) is 19.6 Å². The highest BCUT2D eigenvalue weighted by molar-refractivity contribution is 5.75. The number of amides is 1.